The van der Waals surface area contributed by atoms with Crippen LogP contribution in [0.5, 0.6) is 0 Å². The predicted octanol–water partition coefficient (Wildman–Crippen LogP) is 1.36. The van der Waals surface area contributed by atoms with Gasteiger partial charge in [-0.2, -0.15) is 0 Å². The Morgan fingerprint density at radius 3 is 2.67 bits per heavy atom. The number of hydrogen-bond donors (Lipinski definition) is 0. The van der Waals surface area contributed by atoms with Crippen molar-refractivity contribution in [2.75, 3.05) is 6.54 Å². The molecule has 1 saturated carbocycles. The molecule has 1 fully saturated rings. The van der Waals surface area contributed by atoms with E-state index in [9.17, 15) is 0 Å². The highest BCUT2D eigenvalue weighted by molar-refractivity contribution is 5.50. The second kappa shape index (κ2) is 1.72. The molecule has 0 amide bonds. The summed E-state index contributed by atoms with van der Waals surface area (Å²) in [6.45, 7) is 0.910. The van der Waals surface area contributed by atoms with Crippen LogP contribution in [-0.4, -0.2) is 18.5 Å². The van der Waals surface area contributed by atoms with Gasteiger partial charge in [-0.3, -0.25) is 4.99 Å². The SMILES string of the molecule is C1=NCC2(CCCC2)O1. The molecule has 1 aliphatic carbocycles. The predicted molar refractivity (Wildman–Crippen MR) is 35.6 cm³/mol. The fraction of sp³-hybridized carbons (Fsp3) is 0.857. The van der Waals surface area contributed by atoms with Crippen LogP contribution in [0.3, 0.4) is 0 Å². The van der Waals surface area contributed by atoms with Gasteiger partial charge in [0.1, 0.15) is 5.60 Å². The van der Waals surface area contributed by atoms with E-state index >= 15 is 0 Å². The first-order valence-electron chi connectivity index (χ1n) is 3.57. The van der Waals surface area contributed by atoms with E-state index in [4.69, 9.17) is 4.74 Å². The number of hydrogen-bond acceptors (Lipinski definition) is 2. The molecule has 0 unspecified atom stereocenters. The molecule has 1 aliphatic heterocycles. The maximum Gasteiger partial charge on any atom is 0.170 e. The molecule has 2 nitrogen and oxygen atoms in total. The molecule has 2 heteroatoms. The van der Waals surface area contributed by atoms with Crippen molar-refractivity contribution in [1.82, 2.24) is 0 Å². The lowest BCUT2D eigenvalue weighted by atomic mass is 10.0. The third-order valence-corrected chi connectivity index (χ3v) is 2.27. The Morgan fingerprint density at radius 2 is 2.11 bits per heavy atom. The van der Waals surface area contributed by atoms with Gasteiger partial charge in [-0.15, -0.1) is 0 Å². The van der Waals surface area contributed by atoms with E-state index < -0.39 is 0 Å². The molecule has 0 N–H and O–H groups in total. The highest BCUT2D eigenvalue weighted by Gasteiger charge is 2.37. The van der Waals surface area contributed by atoms with E-state index in [1.807, 2.05) is 0 Å². The molecule has 1 spiro atoms. The lowest BCUT2D eigenvalue weighted by Crippen LogP contribution is -2.27. The summed E-state index contributed by atoms with van der Waals surface area (Å²) in [5, 5.41) is 0. The van der Waals surface area contributed by atoms with Crippen molar-refractivity contribution in [2.45, 2.75) is 31.3 Å². The summed E-state index contributed by atoms with van der Waals surface area (Å²) in [4.78, 5) is 4.07. The normalized spacial score (nSPS) is 29.3. The Balaban J connectivity index is 2.07. The highest BCUT2D eigenvalue weighted by Crippen LogP contribution is 2.34. The van der Waals surface area contributed by atoms with Crippen molar-refractivity contribution in [3.8, 4) is 0 Å². The van der Waals surface area contributed by atoms with Crippen molar-refractivity contribution in [1.29, 1.82) is 0 Å². The summed E-state index contributed by atoms with van der Waals surface area (Å²) >= 11 is 0. The molecule has 0 radical (unpaired) electrons. The first kappa shape index (κ1) is 5.27. The Labute approximate surface area is 54.9 Å². The molecule has 9 heavy (non-hydrogen) atoms. The molecule has 0 aromatic carbocycles. The topological polar surface area (TPSA) is 21.6 Å². The van der Waals surface area contributed by atoms with Crippen molar-refractivity contribution >= 4 is 6.40 Å². The van der Waals surface area contributed by atoms with E-state index in [0.717, 1.165) is 6.54 Å². The van der Waals surface area contributed by atoms with Crippen LogP contribution < -0.4 is 0 Å². The number of ether oxygens (including phenoxy) is 1. The summed E-state index contributed by atoms with van der Waals surface area (Å²) in [7, 11) is 0. The Morgan fingerprint density at radius 1 is 1.33 bits per heavy atom. The van der Waals surface area contributed by atoms with Gasteiger partial charge in [0.2, 0.25) is 0 Å². The van der Waals surface area contributed by atoms with Gasteiger partial charge in [-0.05, 0) is 25.7 Å². The van der Waals surface area contributed by atoms with Crippen molar-refractivity contribution in [3.05, 3.63) is 0 Å². The fourth-order valence-corrected chi connectivity index (χ4v) is 1.69. The molecular weight excluding hydrogens is 114 g/mol. The smallest absolute Gasteiger partial charge is 0.170 e. The standard InChI is InChI=1S/C7H11NO/c1-2-4-7(3-1)5-8-6-9-7/h6H,1-5H2. The van der Waals surface area contributed by atoms with E-state index in [-0.39, 0.29) is 5.60 Å². The summed E-state index contributed by atoms with van der Waals surface area (Å²) in [6, 6.07) is 0. The minimum Gasteiger partial charge on any atom is -0.475 e. The van der Waals surface area contributed by atoms with Gasteiger partial charge in [-0.1, -0.05) is 0 Å². The van der Waals surface area contributed by atoms with Gasteiger partial charge in [0.15, 0.2) is 6.40 Å². The van der Waals surface area contributed by atoms with E-state index in [1.54, 1.807) is 6.40 Å². The monoisotopic (exact) mass is 125 g/mol. The average Bonchev–Trinajstić information content (AvgIpc) is 2.45. The maximum atomic E-state index is 5.41. The van der Waals surface area contributed by atoms with E-state index in [2.05, 4.69) is 4.99 Å². The maximum absolute atomic E-state index is 5.41. The lowest BCUT2D eigenvalue weighted by Gasteiger charge is -2.19. The van der Waals surface area contributed by atoms with Crippen LogP contribution >= 0.6 is 0 Å². The quantitative estimate of drug-likeness (QED) is 0.479. The Bertz CT molecular complexity index is 126. The Hall–Kier alpha value is -0.530. The zero-order valence-electron chi connectivity index (χ0n) is 5.47. The Kier molecular flexibility index (Phi) is 1.01. The van der Waals surface area contributed by atoms with Gasteiger partial charge < -0.3 is 4.74 Å². The highest BCUT2D eigenvalue weighted by atomic mass is 16.5. The third-order valence-electron chi connectivity index (χ3n) is 2.27. The zero-order valence-corrected chi connectivity index (χ0v) is 5.47. The molecule has 0 atom stereocenters. The second-order valence-corrected chi connectivity index (χ2v) is 2.95. The summed E-state index contributed by atoms with van der Waals surface area (Å²) in [6.07, 6.45) is 6.69. The van der Waals surface area contributed by atoms with Crippen LogP contribution in [0.4, 0.5) is 0 Å². The molecule has 50 valence electrons. The summed E-state index contributed by atoms with van der Waals surface area (Å²) in [5.74, 6) is 0. The molecule has 1 heterocycles. The molecule has 2 rings (SSSR count). The fourth-order valence-electron chi connectivity index (χ4n) is 1.69. The molecular formula is C7H11NO. The van der Waals surface area contributed by atoms with E-state index in [1.165, 1.54) is 25.7 Å². The molecule has 0 saturated heterocycles. The molecule has 0 aromatic heterocycles. The zero-order chi connectivity index (χ0) is 6.16. The van der Waals surface area contributed by atoms with E-state index in [0.29, 0.717) is 0 Å². The van der Waals surface area contributed by atoms with Gasteiger partial charge in [0.25, 0.3) is 0 Å². The molecule has 0 aromatic rings. The van der Waals surface area contributed by atoms with Crippen LogP contribution in [0.25, 0.3) is 0 Å². The van der Waals surface area contributed by atoms with Gasteiger partial charge in [0, 0.05) is 0 Å². The van der Waals surface area contributed by atoms with Crippen molar-refractivity contribution in [2.24, 2.45) is 4.99 Å². The molecule has 2 aliphatic rings. The first-order chi connectivity index (χ1) is 4.41. The summed E-state index contributed by atoms with van der Waals surface area (Å²) < 4.78 is 5.41. The van der Waals surface area contributed by atoms with Crippen LogP contribution in [0, 0.1) is 0 Å². The van der Waals surface area contributed by atoms with Crippen LogP contribution in [0.15, 0.2) is 4.99 Å². The number of nitrogens with zero attached hydrogens (tertiary/aromatic N) is 1. The van der Waals surface area contributed by atoms with Gasteiger partial charge >= 0.3 is 0 Å². The largest absolute Gasteiger partial charge is 0.475 e. The summed E-state index contributed by atoms with van der Waals surface area (Å²) in [5.41, 5.74) is 0.167. The lowest BCUT2D eigenvalue weighted by molar-refractivity contribution is 0.103. The van der Waals surface area contributed by atoms with Crippen LogP contribution in [0.2, 0.25) is 0 Å². The third kappa shape index (κ3) is 0.732. The first-order valence-corrected chi connectivity index (χ1v) is 3.57. The minimum absolute atomic E-state index is 0.167. The number of rotatable bonds is 0. The average molecular weight is 125 g/mol. The second-order valence-electron chi connectivity index (χ2n) is 2.95. The number of aliphatic imine (C=N–C) groups is 1. The van der Waals surface area contributed by atoms with Gasteiger partial charge in [-0.25, -0.2) is 0 Å². The van der Waals surface area contributed by atoms with Crippen molar-refractivity contribution < 1.29 is 4.74 Å². The molecule has 0 bridgehead atoms. The van der Waals surface area contributed by atoms with Crippen molar-refractivity contribution in [3.63, 3.8) is 0 Å². The van der Waals surface area contributed by atoms with Crippen LogP contribution in [-0.2, 0) is 4.74 Å². The minimum atomic E-state index is 0.167. The van der Waals surface area contributed by atoms with Crippen LogP contribution in [0.1, 0.15) is 25.7 Å². The van der Waals surface area contributed by atoms with Gasteiger partial charge in [0.05, 0.1) is 6.54 Å².